The first-order chi connectivity index (χ1) is 9.79. The number of hydrogen-bond acceptors (Lipinski definition) is 4. The molecule has 106 valence electrons. The molecule has 2 aromatic rings. The molecule has 1 aliphatic rings. The molecular formula is C13H5F3N2O3. The molecule has 5 nitrogen and oxygen atoms in total. The summed E-state index contributed by atoms with van der Waals surface area (Å²) in [7, 11) is 0. The fraction of sp³-hybridized carbons (Fsp3) is 0.0769. The minimum atomic E-state index is -4.75. The zero-order valence-corrected chi connectivity index (χ0v) is 10.1. The van der Waals surface area contributed by atoms with Crippen LogP contribution in [0.1, 0.15) is 32.2 Å². The quantitative estimate of drug-likeness (QED) is 0.745. The predicted octanol–water partition coefficient (Wildman–Crippen LogP) is 2.41. The maximum atomic E-state index is 12.6. The number of carbonyl (C=O) groups is 2. The lowest BCUT2D eigenvalue weighted by molar-refractivity contribution is -0.145. The van der Waals surface area contributed by atoms with E-state index >= 15 is 0 Å². The van der Waals surface area contributed by atoms with Gasteiger partial charge in [-0.25, -0.2) is 14.8 Å². The molecule has 0 radical (unpaired) electrons. The van der Waals surface area contributed by atoms with E-state index in [0.717, 1.165) is 12.3 Å². The summed E-state index contributed by atoms with van der Waals surface area (Å²) >= 11 is 0. The monoisotopic (exact) mass is 294 g/mol. The summed E-state index contributed by atoms with van der Waals surface area (Å²) in [5.74, 6) is -3.37. The first-order valence-corrected chi connectivity index (χ1v) is 5.65. The zero-order chi connectivity index (χ0) is 15.4. The lowest BCUT2D eigenvalue weighted by Crippen LogP contribution is -2.13. The van der Waals surface area contributed by atoms with Crippen LogP contribution in [0, 0.1) is 0 Å². The zero-order valence-electron chi connectivity index (χ0n) is 10.1. The number of rotatable bonds is 1. The van der Waals surface area contributed by atoms with E-state index in [1.165, 1.54) is 12.1 Å². The highest BCUT2D eigenvalue weighted by Gasteiger charge is 2.38. The summed E-state index contributed by atoms with van der Waals surface area (Å²) in [6.45, 7) is 0. The first-order valence-electron chi connectivity index (χ1n) is 5.65. The Morgan fingerprint density at radius 3 is 2.48 bits per heavy atom. The van der Waals surface area contributed by atoms with Gasteiger partial charge in [0.15, 0.2) is 0 Å². The van der Waals surface area contributed by atoms with Crippen molar-refractivity contribution < 1.29 is 27.9 Å². The van der Waals surface area contributed by atoms with Crippen molar-refractivity contribution in [2.24, 2.45) is 0 Å². The number of benzene rings is 1. The minimum Gasteiger partial charge on any atom is -0.478 e. The Hall–Kier alpha value is -2.77. The van der Waals surface area contributed by atoms with Crippen molar-refractivity contribution in [3.8, 4) is 11.1 Å². The van der Waals surface area contributed by atoms with Gasteiger partial charge in [-0.05, 0) is 17.7 Å². The summed E-state index contributed by atoms with van der Waals surface area (Å²) in [6, 6.07) is 3.75. The second-order valence-corrected chi connectivity index (χ2v) is 4.35. The van der Waals surface area contributed by atoms with Gasteiger partial charge in [0.1, 0.15) is 5.69 Å². The molecule has 0 bridgehead atoms. The Kier molecular flexibility index (Phi) is 2.59. The van der Waals surface area contributed by atoms with Crippen LogP contribution < -0.4 is 0 Å². The Morgan fingerprint density at radius 2 is 1.86 bits per heavy atom. The van der Waals surface area contributed by atoms with Crippen molar-refractivity contribution >= 4 is 11.8 Å². The molecule has 0 saturated heterocycles. The topological polar surface area (TPSA) is 80.1 Å². The molecule has 3 rings (SSSR count). The van der Waals surface area contributed by atoms with Gasteiger partial charge in [0.05, 0.1) is 5.56 Å². The number of carboxylic acids is 1. The van der Waals surface area contributed by atoms with Gasteiger partial charge in [-0.15, -0.1) is 0 Å². The van der Waals surface area contributed by atoms with E-state index in [-0.39, 0.29) is 22.4 Å². The average Bonchev–Trinajstić information content (AvgIpc) is 2.70. The van der Waals surface area contributed by atoms with E-state index in [4.69, 9.17) is 5.11 Å². The number of carbonyl (C=O) groups excluding carboxylic acids is 1. The molecule has 1 heterocycles. The molecule has 0 spiro atoms. The van der Waals surface area contributed by atoms with E-state index in [9.17, 15) is 22.8 Å². The van der Waals surface area contributed by atoms with E-state index in [0.29, 0.717) is 5.56 Å². The lowest BCUT2D eigenvalue weighted by Gasteiger charge is -2.05. The number of hydrogen-bond donors (Lipinski definition) is 1. The number of aromatic carboxylic acids is 1. The molecule has 1 aliphatic carbocycles. The van der Waals surface area contributed by atoms with Crippen molar-refractivity contribution in [3.63, 3.8) is 0 Å². The summed E-state index contributed by atoms with van der Waals surface area (Å²) in [5.41, 5.74) is 0.0148. The van der Waals surface area contributed by atoms with Crippen molar-refractivity contribution in [2.45, 2.75) is 6.18 Å². The van der Waals surface area contributed by atoms with Gasteiger partial charge < -0.3 is 5.11 Å². The smallest absolute Gasteiger partial charge is 0.451 e. The molecule has 1 N–H and O–H groups in total. The molecular weight excluding hydrogens is 289 g/mol. The summed E-state index contributed by atoms with van der Waals surface area (Å²) in [4.78, 5) is 29.4. The first kappa shape index (κ1) is 13.2. The highest BCUT2D eigenvalue weighted by molar-refractivity contribution is 6.21. The van der Waals surface area contributed by atoms with Crippen LogP contribution in [0.5, 0.6) is 0 Å². The molecule has 1 aromatic carbocycles. The maximum absolute atomic E-state index is 12.6. The third-order valence-electron chi connectivity index (χ3n) is 3.06. The number of halogens is 3. The van der Waals surface area contributed by atoms with Gasteiger partial charge in [0, 0.05) is 17.3 Å². The van der Waals surface area contributed by atoms with Crippen molar-refractivity contribution in [3.05, 3.63) is 47.0 Å². The molecule has 8 heteroatoms. The van der Waals surface area contributed by atoms with Gasteiger partial charge in [-0.3, -0.25) is 4.79 Å². The van der Waals surface area contributed by atoms with Gasteiger partial charge in [-0.2, -0.15) is 13.2 Å². The SMILES string of the molecule is O=C(O)c1ccc2c(c1)C(=O)c1nc(C(F)(F)F)ncc1-2. The number of ketones is 1. The number of alkyl halides is 3. The number of fused-ring (bicyclic) bond motifs is 3. The number of nitrogens with zero attached hydrogens (tertiary/aromatic N) is 2. The summed E-state index contributed by atoms with van der Waals surface area (Å²) < 4.78 is 37.7. The normalized spacial score (nSPS) is 13.0. The molecule has 0 saturated carbocycles. The molecule has 1 aromatic heterocycles. The average molecular weight is 294 g/mol. The highest BCUT2D eigenvalue weighted by atomic mass is 19.4. The predicted molar refractivity (Wildman–Crippen MR) is 62.9 cm³/mol. The molecule has 21 heavy (non-hydrogen) atoms. The summed E-state index contributed by atoms with van der Waals surface area (Å²) in [5, 5.41) is 8.88. The molecule has 0 amide bonds. The largest absolute Gasteiger partial charge is 0.478 e. The molecule has 0 aliphatic heterocycles. The van der Waals surface area contributed by atoms with Crippen LogP contribution in [0.15, 0.2) is 24.4 Å². The van der Waals surface area contributed by atoms with Gasteiger partial charge in [-0.1, -0.05) is 6.07 Å². The molecule has 0 fully saturated rings. The van der Waals surface area contributed by atoms with E-state index < -0.39 is 23.8 Å². The minimum absolute atomic E-state index is 0.0125. The van der Waals surface area contributed by atoms with E-state index in [1.54, 1.807) is 0 Å². The van der Waals surface area contributed by atoms with Gasteiger partial charge >= 0.3 is 12.1 Å². The highest BCUT2D eigenvalue weighted by Crippen LogP contribution is 2.37. The van der Waals surface area contributed by atoms with Crippen LogP contribution in [0.3, 0.4) is 0 Å². The van der Waals surface area contributed by atoms with E-state index in [1.807, 2.05) is 0 Å². The third-order valence-corrected chi connectivity index (χ3v) is 3.06. The fourth-order valence-electron chi connectivity index (χ4n) is 2.12. The van der Waals surface area contributed by atoms with Crippen LogP contribution >= 0.6 is 0 Å². The Morgan fingerprint density at radius 1 is 1.14 bits per heavy atom. The number of carboxylic acid groups (broad SMARTS) is 1. The standard InChI is InChI=1S/C13H5F3N2O3/c14-13(15,16)12-17-4-8-6-2-1-5(11(20)21)3-7(6)10(19)9(8)18-12/h1-4H,(H,20,21). The van der Waals surface area contributed by atoms with Gasteiger partial charge in [0.2, 0.25) is 11.6 Å². The van der Waals surface area contributed by atoms with Crippen LogP contribution in [-0.4, -0.2) is 26.8 Å². The van der Waals surface area contributed by atoms with Crippen molar-refractivity contribution in [1.82, 2.24) is 9.97 Å². The fourth-order valence-corrected chi connectivity index (χ4v) is 2.12. The molecule has 0 unspecified atom stereocenters. The lowest BCUT2D eigenvalue weighted by atomic mass is 10.0. The maximum Gasteiger partial charge on any atom is 0.451 e. The van der Waals surface area contributed by atoms with Crippen LogP contribution in [0.4, 0.5) is 13.2 Å². The Bertz CT molecular complexity index is 800. The number of aromatic nitrogens is 2. The third kappa shape index (κ3) is 1.95. The van der Waals surface area contributed by atoms with Crippen LogP contribution in [-0.2, 0) is 6.18 Å². The van der Waals surface area contributed by atoms with Crippen LogP contribution in [0.2, 0.25) is 0 Å². The Balaban J connectivity index is 2.18. The second kappa shape index (κ2) is 4.11. The van der Waals surface area contributed by atoms with Crippen LogP contribution in [0.25, 0.3) is 11.1 Å². The summed E-state index contributed by atoms with van der Waals surface area (Å²) in [6.07, 6.45) is -3.83. The van der Waals surface area contributed by atoms with Gasteiger partial charge in [0.25, 0.3) is 0 Å². The second-order valence-electron chi connectivity index (χ2n) is 4.35. The Labute approximate surface area is 115 Å². The molecule has 0 atom stereocenters. The van der Waals surface area contributed by atoms with Crippen molar-refractivity contribution in [2.75, 3.05) is 0 Å². The van der Waals surface area contributed by atoms with Crippen molar-refractivity contribution in [1.29, 1.82) is 0 Å². The van der Waals surface area contributed by atoms with E-state index in [2.05, 4.69) is 9.97 Å².